The number of hydrogen-bond donors (Lipinski definition) is 3. The van der Waals surface area contributed by atoms with Gasteiger partial charge in [-0.2, -0.15) is 0 Å². The predicted molar refractivity (Wildman–Crippen MR) is 81.3 cm³/mol. The first-order valence-electron chi connectivity index (χ1n) is 6.98. The normalized spacial score (nSPS) is 23.6. The third-order valence-corrected chi connectivity index (χ3v) is 5.33. The molecule has 112 valence electrons. The van der Waals surface area contributed by atoms with E-state index in [4.69, 9.17) is 5.73 Å². The summed E-state index contributed by atoms with van der Waals surface area (Å²) in [5.41, 5.74) is 7.85. The van der Waals surface area contributed by atoms with Gasteiger partial charge in [0, 0.05) is 17.8 Å². The zero-order chi connectivity index (χ0) is 14.8. The van der Waals surface area contributed by atoms with Gasteiger partial charge in [-0.25, -0.2) is 13.1 Å². The number of rotatable bonds is 4. The van der Waals surface area contributed by atoms with Crippen molar-refractivity contribution in [1.29, 1.82) is 0 Å². The highest BCUT2D eigenvalue weighted by Crippen LogP contribution is 2.25. The van der Waals surface area contributed by atoms with E-state index in [0.717, 1.165) is 36.9 Å². The number of aryl methyl sites for hydroxylation is 1. The first kappa shape index (κ1) is 15.3. The van der Waals surface area contributed by atoms with Crippen LogP contribution < -0.4 is 15.8 Å². The second-order valence-corrected chi connectivity index (χ2v) is 7.33. The van der Waals surface area contributed by atoms with Gasteiger partial charge in [0.05, 0.1) is 4.90 Å². The highest BCUT2D eigenvalue weighted by molar-refractivity contribution is 7.89. The van der Waals surface area contributed by atoms with Gasteiger partial charge >= 0.3 is 0 Å². The fourth-order valence-electron chi connectivity index (χ4n) is 2.53. The molecule has 0 unspecified atom stereocenters. The molecule has 0 amide bonds. The van der Waals surface area contributed by atoms with Crippen molar-refractivity contribution in [2.24, 2.45) is 5.73 Å². The Morgan fingerprint density at radius 2 is 1.85 bits per heavy atom. The van der Waals surface area contributed by atoms with E-state index in [1.807, 2.05) is 13.0 Å². The molecule has 4 N–H and O–H groups in total. The maximum Gasteiger partial charge on any atom is 0.240 e. The lowest BCUT2D eigenvalue weighted by atomic mass is 9.91. The van der Waals surface area contributed by atoms with Gasteiger partial charge in [-0.3, -0.25) is 0 Å². The summed E-state index contributed by atoms with van der Waals surface area (Å²) in [6.45, 7) is 1.98. The Kier molecular flexibility index (Phi) is 4.67. The van der Waals surface area contributed by atoms with Gasteiger partial charge < -0.3 is 11.1 Å². The Labute approximate surface area is 121 Å². The number of anilines is 1. The van der Waals surface area contributed by atoms with E-state index < -0.39 is 10.0 Å². The molecule has 0 aliphatic heterocycles. The first-order chi connectivity index (χ1) is 9.42. The fourth-order valence-corrected chi connectivity index (χ4v) is 3.28. The third-order valence-electron chi connectivity index (χ3n) is 3.92. The Bertz CT molecular complexity index is 564. The number of benzene rings is 1. The Balaban J connectivity index is 2.17. The van der Waals surface area contributed by atoms with E-state index in [-0.39, 0.29) is 0 Å². The van der Waals surface area contributed by atoms with Gasteiger partial charge in [-0.1, -0.05) is 6.07 Å². The quantitative estimate of drug-likeness (QED) is 0.788. The molecule has 0 atom stereocenters. The molecule has 1 aromatic rings. The predicted octanol–water partition coefficient (Wildman–Crippen LogP) is 1.58. The van der Waals surface area contributed by atoms with Crippen molar-refractivity contribution in [1.82, 2.24) is 4.72 Å². The largest absolute Gasteiger partial charge is 0.382 e. The summed E-state index contributed by atoms with van der Waals surface area (Å²) in [5.74, 6) is 0. The molecule has 1 aliphatic carbocycles. The molecule has 1 aromatic carbocycles. The highest BCUT2D eigenvalue weighted by Gasteiger charge is 2.19. The SMILES string of the molecule is CNS(=O)(=O)c1ccc(C)c(NC2CCC(N)CC2)c1. The van der Waals surface area contributed by atoms with E-state index in [2.05, 4.69) is 10.0 Å². The van der Waals surface area contributed by atoms with Gasteiger partial charge in [0.1, 0.15) is 0 Å². The topological polar surface area (TPSA) is 84.2 Å². The first-order valence-corrected chi connectivity index (χ1v) is 8.47. The van der Waals surface area contributed by atoms with Crippen molar-refractivity contribution in [3.63, 3.8) is 0 Å². The number of nitrogens with two attached hydrogens (primary N) is 1. The van der Waals surface area contributed by atoms with Crippen molar-refractivity contribution in [3.05, 3.63) is 23.8 Å². The van der Waals surface area contributed by atoms with Crippen LogP contribution in [0.2, 0.25) is 0 Å². The average Bonchev–Trinajstić information content (AvgIpc) is 2.43. The molecule has 20 heavy (non-hydrogen) atoms. The van der Waals surface area contributed by atoms with Crippen LogP contribution in [0.15, 0.2) is 23.1 Å². The molecule has 5 nitrogen and oxygen atoms in total. The molecular weight excluding hydrogens is 274 g/mol. The van der Waals surface area contributed by atoms with Gasteiger partial charge in [0.2, 0.25) is 10.0 Å². The van der Waals surface area contributed by atoms with Crippen LogP contribution in [-0.4, -0.2) is 27.5 Å². The maximum atomic E-state index is 11.8. The molecule has 0 aromatic heterocycles. The molecule has 6 heteroatoms. The number of sulfonamides is 1. The second kappa shape index (κ2) is 6.11. The summed E-state index contributed by atoms with van der Waals surface area (Å²) in [6, 6.07) is 5.85. The lowest BCUT2D eigenvalue weighted by Gasteiger charge is -2.28. The van der Waals surface area contributed by atoms with Crippen molar-refractivity contribution < 1.29 is 8.42 Å². The molecular formula is C14H23N3O2S. The average molecular weight is 297 g/mol. The van der Waals surface area contributed by atoms with Crippen LogP contribution in [0.3, 0.4) is 0 Å². The Morgan fingerprint density at radius 1 is 1.20 bits per heavy atom. The van der Waals surface area contributed by atoms with Crippen LogP contribution in [-0.2, 0) is 10.0 Å². The summed E-state index contributed by atoms with van der Waals surface area (Å²) in [4.78, 5) is 0.292. The van der Waals surface area contributed by atoms with Crippen LogP contribution in [0.5, 0.6) is 0 Å². The summed E-state index contributed by atoms with van der Waals surface area (Å²) >= 11 is 0. The van der Waals surface area contributed by atoms with Gasteiger partial charge in [-0.15, -0.1) is 0 Å². The van der Waals surface area contributed by atoms with E-state index in [0.29, 0.717) is 17.0 Å². The van der Waals surface area contributed by atoms with Crippen LogP contribution in [0.25, 0.3) is 0 Å². The molecule has 0 saturated heterocycles. The Hall–Kier alpha value is -1.11. The lowest BCUT2D eigenvalue weighted by Crippen LogP contribution is -2.33. The summed E-state index contributed by atoms with van der Waals surface area (Å²) < 4.78 is 26.0. The van der Waals surface area contributed by atoms with Gasteiger partial charge in [0.15, 0.2) is 0 Å². The lowest BCUT2D eigenvalue weighted by molar-refractivity contribution is 0.411. The molecule has 0 bridgehead atoms. The monoisotopic (exact) mass is 297 g/mol. The van der Waals surface area contributed by atoms with Crippen LogP contribution >= 0.6 is 0 Å². The van der Waals surface area contributed by atoms with Gasteiger partial charge in [-0.05, 0) is 57.4 Å². The highest BCUT2D eigenvalue weighted by atomic mass is 32.2. The van der Waals surface area contributed by atoms with Crippen molar-refractivity contribution >= 4 is 15.7 Å². The van der Waals surface area contributed by atoms with E-state index in [1.54, 1.807) is 12.1 Å². The van der Waals surface area contributed by atoms with Crippen molar-refractivity contribution in [2.75, 3.05) is 12.4 Å². The van der Waals surface area contributed by atoms with Crippen LogP contribution in [0.1, 0.15) is 31.2 Å². The molecule has 1 saturated carbocycles. The third kappa shape index (κ3) is 3.50. The molecule has 1 fully saturated rings. The standard InChI is InChI=1S/C14H23N3O2S/c1-10-3-8-13(20(18,19)16-2)9-14(10)17-12-6-4-11(15)5-7-12/h3,8-9,11-12,16-17H,4-7,15H2,1-2H3. The zero-order valence-corrected chi connectivity index (χ0v) is 12.8. The zero-order valence-electron chi connectivity index (χ0n) is 12.0. The molecule has 0 heterocycles. The smallest absolute Gasteiger partial charge is 0.240 e. The van der Waals surface area contributed by atoms with Gasteiger partial charge in [0.25, 0.3) is 0 Å². The summed E-state index contributed by atoms with van der Waals surface area (Å²) in [5, 5.41) is 3.46. The Morgan fingerprint density at radius 3 is 2.45 bits per heavy atom. The van der Waals surface area contributed by atoms with E-state index in [1.165, 1.54) is 7.05 Å². The minimum absolute atomic E-state index is 0.292. The molecule has 2 rings (SSSR count). The maximum absolute atomic E-state index is 11.8. The van der Waals surface area contributed by atoms with Crippen molar-refractivity contribution in [3.8, 4) is 0 Å². The fraction of sp³-hybridized carbons (Fsp3) is 0.571. The van der Waals surface area contributed by atoms with Crippen LogP contribution in [0.4, 0.5) is 5.69 Å². The minimum atomic E-state index is -3.40. The van der Waals surface area contributed by atoms with Crippen molar-refractivity contribution in [2.45, 2.75) is 49.6 Å². The summed E-state index contributed by atoms with van der Waals surface area (Å²) in [6.07, 6.45) is 4.10. The molecule has 0 spiro atoms. The van der Waals surface area contributed by atoms with E-state index in [9.17, 15) is 8.42 Å². The minimum Gasteiger partial charge on any atom is -0.382 e. The van der Waals surface area contributed by atoms with Crippen LogP contribution in [0, 0.1) is 6.92 Å². The number of hydrogen-bond acceptors (Lipinski definition) is 4. The second-order valence-electron chi connectivity index (χ2n) is 5.44. The van der Waals surface area contributed by atoms with E-state index >= 15 is 0 Å². The molecule has 1 aliphatic rings. The molecule has 0 radical (unpaired) electrons. The summed E-state index contributed by atoms with van der Waals surface area (Å²) in [7, 11) is -1.98. The number of nitrogens with one attached hydrogen (secondary N) is 2.